The smallest absolute Gasteiger partial charge is 0.261 e. The molecule has 38 heavy (non-hydrogen) atoms. The van der Waals surface area contributed by atoms with E-state index in [1.807, 2.05) is 42.5 Å². The quantitative estimate of drug-likeness (QED) is 0.254. The summed E-state index contributed by atoms with van der Waals surface area (Å²) in [6.45, 7) is 4.28. The van der Waals surface area contributed by atoms with Gasteiger partial charge in [0.05, 0.1) is 10.9 Å². The van der Waals surface area contributed by atoms with E-state index in [0.29, 0.717) is 17.4 Å². The molecule has 6 rings (SSSR count). The van der Waals surface area contributed by atoms with E-state index >= 15 is 0 Å². The van der Waals surface area contributed by atoms with Gasteiger partial charge in [-0.1, -0.05) is 54.1 Å². The van der Waals surface area contributed by atoms with Gasteiger partial charge in [0.25, 0.3) is 10.0 Å². The first-order valence-electron chi connectivity index (χ1n) is 12.9. The Morgan fingerprint density at radius 3 is 2.39 bits per heavy atom. The van der Waals surface area contributed by atoms with Gasteiger partial charge in [0.15, 0.2) is 0 Å². The lowest BCUT2D eigenvalue weighted by Gasteiger charge is -2.38. The maximum Gasteiger partial charge on any atom is 0.261 e. The predicted octanol–water partition coefficient (Wildman–Crippen LogP) is 7.72. The number of nitrogens with one attached hydrogen (secondary N) is 2. The van der Waals surface area contributed by atoms with Crippen molar-refractivity contribution in [1.82, 2.24) is 0 Å². The number of hydrogen-bond acceptors (Lipinski definition) is 4. The highest BCUT2D eigenvalue weighted by Crippen LogP contribution is 2.50. The van der Waals surface area contributed by atoms with Crippen LogP contribution in [0.4, 0.5) is 11.4 Å². The van der Waals surface area contributed by atoms with Gasteiger partial charge in [-0.05, 0) is 97.5 Å². The van der Waals surface area contributed by atoms with Crippen molar-refractivity contribution in [2.75, 3.05) is 10.0 Å². The van der Waals surface area contributed by atoms with Crippen molar-refractivity contribution in [3.05, 3.63) is 125 Å². The minimum Gasteiger partial charge on any atom is -0.457 e. The third kappa shape index (κ3) is 4.68. The molecule has 0 unspecified atom stereocenters. The summed E-state index contributed by atoms with van der Waals surface area (Å²) >= 11 is 0. The molecule has 0 aromatic heterocycles. The number of para-hydroxylation sites is 1. The molecule has 0 spiro atoms. The molecule has 0 fully saturated rings. The summed E-state index contributed by atoms with van der Waals surface area (Å²) in [6.07, 6.45) is 5.42. The fourth-order valence-electron chi connectivity index (χ4n) is 5.57. The van der Waals surface area contributed by atoms with Gasteiger partial charge in [-0.3, -0.25) is 4.72 Å². The number of fused-ring (bicyclic) bond motifs is 3. The molecule has 0 saturated carbocycles. The van der Waals surface area contributed by atoms with Crippen LogP contribution in [-0.2, 0) is 10.0 Å². The maximum atomic E-state index is 13.3. The molecule has 4 aromatic carbocycles. The lowest BCUT2D eigenvalue weighted by Crippen LogP contribution is -2.30. The summed E-state index contributed by atoms with van der Waals surface area (Å²) in [4.78, 5) is 0.256. The van der Waals surface area contributed by atoms with Crippen LogP contribution in [0.25, 0.3) is 0 Å². The van der Waals surface area contributed by atoms with Gasteiger partial charge in [0.2, 0.25) is 0 Å². The van der Waals surface area contributed by atoms with Crippen LogP contribution < -0.4 is 14.8 Å². The number of anilines is 2. The first-order valence-corrected chi connectivity index (χ1v) is 14.4. The summed E-state index contributed by atoms with van der Waals surface area (Å²) in [7, 11) is -3.77. The Hall–Kier alpha value is -4.03. The molecule has 4 aromatic rings. The van der Waals surface area contributed by atoms with Crippen molar-refractivity contribution < 1.29 is 13.2 Å². The molecular weight excluding hydrogens is 492 g/mol. The minimum absolute atomic E-state index is 0.167. The minimum atomic E-state index is -3.77. The van der Waals surface area contributed by atoms with E-state index in [1.165, 1.54) is 16.7 Å². The predicted molar refractivity (Wildman–Crippen MR) is 152 cm³/mol. The summed E-state index contributed by atoms with van der Waals surface area (Å²) in [5.74, 6) is 1.87. The van der Waals surface area contributed by atoms with Crippen molar-refractivity contribution in [3.63, 3.8) is 0 Å². The third-order valence-electron chi connectivity index (χ3n) is 7.50. The van der Waals surface area contributed by atoms with Crippen molar-refractivity contribution in [3.8, 4) is 11.5 Å². The van der Waals surface area contributed by atoms with Gasteiger partial charge >= 0.3 is 0 Å². The fraction of sp³-hybridized carbons (Fsp3) is 0.188. The van der Waals surface area contributed by atoms with E-state index in [0.717, 1.165) is 23.4 Å². The van der Waals surface area contributed by atoms with Crippen LogP contribution in [0.1, 0.15) is 40.6 Å². The van der Waals surface area contributed by atoms with Gasteiger partial charge in [-0.2, -0.15) is 0 Å². The van der Waals surface area contributed by atoms with Crippen LogP contribution in [0.15, 0.2) is 108 Å². The van der Waals surface area contributed by atoms with Gasteiger partial charge in [0, 0.05) is 17.3 Å². The Morgan fingerprint density at radius 2 is 1.61 bits per heavy atom. The molecule has 0 amide bonds. The topological polar surface area (TPSA) is 67.4 Å². The Morgan fingerprint density at radius 1 is 0.842 bits per heavy atom. The van der Waals surface area contributed by atoms with E-state index in [9.17, 15) is 8.42 Å². The Bertz CT molecular complexity index is 1610. The molecule has 1 heterocycles. The number of rotatable bonds is 6. The highest BCUT2D eigenvalue weighted by molar-refractivity contribution is 7.92. The molecule has 5 nitrogen and oxygen atoms in total. The van der Waals surface area contributed by atoms with Crippen LogP contribution >= 0.6 is 0 Å². The molecule has 0 radical (unpaired) electrons. The van der Waals surface area contributed by atoms with Gasteiger partial charge in [-0.25, -0.2) is 8.42 Å². The molecule has 0 bridgehead atoms. The van der Waals surface area contributed by atoms with Crippen LogP contribution in [0, 0.1) is 19.8 Å². The fourth-order valence-corrected chi connectivity index (χ4v) is 6.67. The standard InChI is InChI=1S/C32H30N2O3S/c1-21-11-12-22(2)29(19-21)32-28-10-6-9-27(28)30-20-26(17-18-31(30)33-32)38(35,36)34-23-13-15-25(16-14-23)37-24-7-4-3-5-8-24/h3-9,11-20,27-28,32-34H,10H2,1-2H3/t27-,28+,32-/m0/s1. The van der Waals surface area contributed by atoms with Gasteiger partial charge < -0.3 is 10.1 Å². The van der Waals surface area contributed by atoms with Crippen LogP contribution in [0.2, 0.25) is 0 Å². The summed E-state index contributed by atoms with van der Waals surface area (Å²) in [6, 6.07) is 28.6. The Labute approximate surface area is 224 Å². The van der Waals surface area contributed by atoms with Gasteiger partial charge in [0.1, 0.15) is 11.5 Å². The number of hydrogen-bond donors (Lipinski definition) is 2. The SMILES string of the molecule is Cc1ccc(C)c([C@H]2Nc3ccc(S(=O)(=O)Nc4ccc(Oc5ccccc5)cc4)cc3[C@H]3C=CC[C@H]32)c1. The molecule has 192 valence electrons. The van der Waals surface area contributed by atoms with Crippen molar-refractivity contribution in [1.29, 1.82) is 0 Å². The van der Waals surface area contributed by atoms with E-state index in [2.05, 4.69) is 54.2 Å². The number of benzene rings is 4. The molecule has 2 N–H and O–H groups in total. The third-order valence-corrected chi connectivity index (χ3v) is 8.88. The van der Waals surface area contributed by atoms with E-state index < -0.39 is 10.0 Å². The molecule has 3 atom stereocenters. The van der Waals surface area contributed by atoms with E-state index in [4.69, 9.17) is 4.74 Å². The first-order chi connectivity index (χ1) is 18.4. The number of allylic oxidation sites excluding steroid dienone is 2. The zero-order valence-corrected chi connectivity index (χ0v) is 22.2. The number of ether oxygens (including phenoxy) is 1. The van der Waals surface area contributed by atoms with Crippen LogP contribution in [-0.4, -0.2) is 8.42 Å². The highest BCUT2D eigenvalue weighted by atomic mass is 32.2. The zero-order chi connectivity index (χ0) is 26.3. The molecule has 2 aliphatic rings. The highest BCUT2D eigenvalue weighted by Gasteiger charge is 2.39. The molecule has 6 heteroatoms. The monoisotopic (exact) mass is 522 g/mol. The summed E-state index contributed by atoms with van der Waals surface area (Å²) < 4.78 is 35.2. The lowest BCUT2D eigenvalue weighted by molar-refractivity contribution is 0.424. The molecule has 1 aliphatic heterocycles. The second kappa shape index (κ2) is 9.69. The van der Waals surface area contributed by atoms with Crippen molar-refractivity contribution >= 4 is 21.4 Å². The summed E-state index contributed by atoms with van der Waals surface area (Å²) in [5.41, 5.74) is 6.32. The summed E-state index contributed by atoms with van der Waals surface area (Å²) in [5, 5.41) is 3.74. The molecule has 1 aliphatic carbocycles. The zero-order valence-electron chi connectivity index (χ0n) is 21.4. The second-order valence-electron chi connectivity index (χ2n) is 10.1. The molecule has 0 saturated heterocycles. The largest absolute Gasteiger partial charge is 0.457 e. The number of sulfonamides is 1. The Balaban J connectivity index is 1.24. The van der Waals surface area contributed by atoms with Crippen LogP contribution in [0.5, 0.6) is 11.5 Å². The maximum absolute atomic E-state index is 13.3. The Kier molecular flexibility index (Phi) is 6.20. The second-order valence-corrected chi connectivity index (χ2v) is 11.8. The average Bonchev–Trinajstić information content (AvgIpc) is 3.41. The molecular formula is C32H30N2O3S. The van der Waals surface area contributed by atoms with E-state index in [-0.39, 0.29) is 16.9 Å². The lowest BCUT2D eigenvalue weighted by atomic mass is 9.76. The van der Waals surface area contributed by atoms with Crippen molar-refractivity contribution in [2.24, 2.45) is 5.92 Å². The normalized spacial score (nSPS) is 19.8. The van der Waals surface area contributed by atoms with Crippen LogP contribution in [0.3, 0.4) is 0 Å². The average molecular weight is 523 g/mol. The van der Waals surface area contributed by atoms with E-state index in [1.54, 1.807) is 30.3 Å². The number of aryl methyl sites for hydroxylation is 2. The first kappa shape index (κ1) is 24.3. The van der Waals surface area contributed by atoms with Gasteiger partial charge in [-0.15, -0.1) is 0 Å². The van der Waals surface area contributed by atoms with Crippen molar-refractivity contribution in [2.45, 2.75) is 37.1 Å².